The molecule has 0 amide bonds. The minimum atomic E-state index is -0.112. The molecule has 0 N–H and O–H groups in total. The third-order valence-corrected chi connectivity index (χ3v) is 10.3. The van der Waals surface area contributed by atoms with E-state index in [4.69, 9.17) is 9.47 Å². The zero-order valence-corrected chi connectivity index (χ0v) is 34.9. The molecule has 0 fully saturated rings. The first-order valence-corrected chi connectivity index (χ1v) is 22.1. The molecule has 0 aromatic rings. The number of hydrogen-bond donors (Lipinski definition) is 0. The Balaban J connectivity index is 0. The topological polar surface area (TPSA) is 59.1 Å². The van der Waals surface area contributed by atoms with E-state index < -0.39 is 0 Å². The summed E-state index contributed by atoms with van der Waals surface area (Å²) < 4.78 is 10.2. The monoisotopic (exact) mass is 725 g/mol. The summed E-state index contributed by atoms with van der Waals surface area (Å²) in [7, 11) is 1.62. The highest BCUT2D eigenvalue weighted by atomic mass is 32.2. The summed E-state index contributed by atoms with van der Waals surface area (Å²) in [4.78, 5) is 27.2. The number of carbonyl (C=O) groups is 2. The summed E-state index contributed by atoms with van der Waals surface area (Å²) in [6, 6.07) is 0. The molecule has 0 aliphatic rings. The first kappa shape index (κ1) is 51.0. The van der Waals surface area contributed by atoms with Crippen LogP contribution in [-0.4, -0.2) is 93.2 Å². The predicted molar refractivity (Wildman–Crippen MR) is 222 cm³/mol. The number of thioether (sulfide) groups is 1. The molecule has 0 rings (SSSR count). The molecule has 0 radical (unpaired) electrons. The SMILES string of the molecule is CCCCC/C=C\C/C=C\CCCCCCCCCN(CCCN(CC)CC)CCC(=O)OCCOC.CCCCCCCSCC(C)C=O. The minimum absolute atomic E-state index is 0.112. The molecular formula is C43H84N2O4S. The molecule has 0 saturated heterocycles. The zero-order valence-electron chi connectivity index (χ0n) is 34.1. The second kappa shape index (κ2) is 44.0. The van der Waals surface area contributed by atoms with E-state index in [0.717, 1.165) is 64.1 Å². The summed E-state index contributed by atoms with van der Waals surface area (Å²) in [5.74, 6) is 2.35. The summed E-state index contributed by atoms with van der Waals surface area (Å²) in [6.45, 7) is 18.0. The molecule has 1 unspecified atom stereocenters. The van der Waals surface area contributed by atoms with Crippen molar-refractivity contribution in [3.05, 3.63) is 24.3 Å². The predicted octanol–water partition coefficient (Wildman–Crippen LogP) is 11.3. The maximum absolute atomic E-state index is 12.0. The van der Waals surface area contributed by atoms with Gasteiger partial charge < -0.3 is 24.1 Å². The van der Waals surface area contributed by atoms with E-state index in [-0.39, 0.29) is 11.9 Å². The third-order valence-electron chi connectivity index (χ3n) is 8.96. The maximum atomic E-state index is 12.0. The molecule has 0 spiro atoms. The van der Waals surface area contributed by atoms with Crippen molar-refractivity contribution >= 4 is 24.0 Å². The molecule has 0 aliphatic heterocycles. The average Bonchev–Trinajstić information content (AvgIpc) is 3.13. The molecule has 7 heteroatoms. The molecule has 0 aromatic carbocycles. The number of aldehydes is 1. The van der Waals surface area contributed by atoms with E-state index in [2.05, 4.69) is 61.8 Å². The number of nitrogens with zero attached hydrogens (tertiary/aromatic N) is 2. The Bertz CT molecular complexity index is 744. The van der Waals surface area contributed by atoms with Gasteiger partial charge in [-0.1, -0.05) is 130 Å². The molecule has 0 aliphatic carbocycles. The number of ether oxygens (including phenoxy) is 2. The highest BCUT2D eigenvalue weighted by Crippen LogP contribution is 2.12. The smallest absolute Gasteiger partial charge is 0.307 e. The first-order valence-electron chi connectivity index (χ1n) is 20.9. The summed E-state index contributed by atoms with van der Waals surface area (Å²) in [5, 5.41) is 0. The van der Waals surface area contributed by atoms with Crippen LogP contribution in [0.25, 0.3) is 0 Å². The van der Waals surface area contributed by atoms with Gasteiger partial charge in [-0.15, -0.1) is 0 Å². The Kier molecular flexibility index (Phi) is 44.9. The largest absolute Gasteiger partial charge is 0.463 e. The van der Waals surface area contributed by atoms with Crippen molar-refractivity contribution in [3.8, 4) is 0 Å². The van der Waals surface area contributed by atoms with E-state index in [1.165, 1.54) is 115 Å². The van der Waals surface area contributed by atoms with E-state index in [1.54, 1.807) is 7.11 Å². The van der Waals surface area contributed by atoms with E-state index >= 15 is 0 Å². The second-order valence-corrected chi connectivity index (χ2v) is 14.9. The van der Waals surface area contributed by atoms with Crippen LogP contribution >= 0.6 is 11.8 Å². The van der Waals surface area contributed by atoms with Crippen LogP contribution in [0.5, 0.6) is 0 Å². The average molecular weight is 725 g/mol. The van der Waals surface area contributed by atoms with Gasteiger partial charge in [-0.05, 0) is 89.8 Å². The summed E-state index contributed by atoms with van der Waals surface area (Å²) >= 11 is 1.91. The van der Waals surface area contributed by atoms with Gasteiger partial charge in [-0.2, -0.15) is 11.8 Å². The van der Waals surface area contributed by atoms with Gasteiger partial charge in [-0.3, -0.25) is 4.79 Å². The summed E-state index contributed by atoms with van der Waals surface area (Å²) in [6.07, 6.45) is 35.5. The van der Waals surface area contributed by atoms with Gasteiger partial charge in [0, 0.05) is 25.3 Å². The van der Waals surface area contributed by atoms with Gasteiger partial charge >= 0.3 is 5.97 Å². The molecular weight excluding hydrogens is 641 g/mol. The Morgan fingerprint density at radius 1 is 0.640 bits per heavy atom. The number of methoxy groups -OCH3 is 1. The molecule has 0 saturated carbocycles. The molecule has 6 nitrogen and oxygen atoms in total. The van der Waals surface area contributed by atoms with E-state index in [9.17, 15) is 9.59 Å². The van der Waals surface area contributed by atoms with Crippen molar-refractivity contribution in [1.82, 2.24) is 9.80 Å². The van der Waals surface area contributed by atoms with E-state index in [1.807, 2.05) is 18.7 Å². The molecule has 50 heavy (non-hydrogen) atoms. The number of allylic oxidation sites excluding steroid dienone is 4. The first-order chi connectivity index (χ1) is 24.5. The Morgan fingerprint density at radius 2 is 1.18 bits per heavy atom. The van der Waals surface area contributed by atoms with Crippen LogP contribution in [0.15, 0.2) is 24.3 Å². The van der Waals surface area contributed by atoms with Crippen molar-refractivity contribution in [2.75, 3.05) is 71.1 Å². The molecule has 296 valence electrons. The van der Waals surface area contributed by atoms with Crippen LogP contribution in [0.3, 0.4) is 0 Å². The fourth-order valence-electron chi connectivity index (χ4n) is 5.57. The third kappa shape index (κ3) is 41.3. The van der Waals surface area contributed by atoms with Gasteiger partial charge in [0.1, 0.15) is 12.9 Å². The lowest BCUT2D eigenvalue weighted by molar-refractivity contribution is -0.145. The van der Waals surface area contributed by atoms with Crippen molar-refractivity contribution < 1.29 is 19.1 Å². The van der Waals surface area contributed by atoms with Crippen molar-refractivity contribution in [2.45, 2.75) is 163 Å². The number of esters is 1. The van der Waals surface area contributed by atoms with Gasteiger partial charge in [0.25, 0.3) is 0 Å². The number of rotatable bonds is 37. The highest BCUT2D eigenvalue weighted by molar-refractivity contribution is 7.99. The standard InChI is InChI=1S/C32H62N2O3.C11H22OS/c1-5-8-9-10-11-12-13-14-15-16-17-18-19-20-21-22-23-26-34(28-24-27-33(6-2)7-3)29-25-32(35)37-31-30-36-4;1-3-4-5-6-7-8-13-10-11(2)9-12/h11-12,14-15H,5-10,13,16-31H2,1-4H3;9,11H,3-8,10H2,1-2H3/b12-11-,15-14-;. The van der Waals surface area contributed by atoms with Gasteiger partial charge in [0.15, 0.2) is 0 Å². The number of hydrogen-bond acceptors (Lipinski definition) is 7. The number of unbranched alkanes of at least 4 members (excludes halogenated alkanes) is 14. The second-order valence-electron chi connectivity index (χ2n) is 13.7. The van der Waals surface area contributed by atoms with Crippen LogP contribution < -0.4 is 0 Å². The van der Waals surface area contributed by atoms with Crippen LogP contribution in [-0.2, 0) is 19.1 Å². The van der Waals surface area contributed by atoms with Crippen LogP contribution in [0.4, 0.5) is 0 Å². The van der Waals surface area contributed by atoms with Crippen molar-refractivity contribution in [2.24, 2.45) is 5.92 Å². The van der Waals surface area contributed by atoms with Crippen LogP contribution in [0.1, 0.15) is 163 Å². The fraction of sp³-hybridized carbons (Fsp3) is 0.860. The maximum Gasteiger partial charge on any atom is 0.307 e. The van der Waals surface area contributed by atoms with Gasteiger partial charge in [0.2, 0.25) is 0 Å². The lowest BCUT2D eigenvalue weighted by Crippen LogP contribution is -2.32. The Morgan fingerprint density at radius 3 is 1.80 bits per heavy atom. The quantitative estimate of drug-likeness (QED) is 0.0274. The Labute approximate surface area is 316 Å². The molecule has 0 bridgehead atoms. The lowest BCUT2D eigenvalue weighted by atomic mass is 10.1. The Hall–Kier alpha value is -1.15. The summed E-state index contributed by atoms with van der Waals surface area (Å²) in [5.41, 5.74) is 0. The van der Waals surface area contributed by atoms with Gasteiger partial charge in [-0.25, -0.2) is 0 Å². The minimum Gasteiger partial charge on any atom is -0.463 e. The normalized spacial score (nSPS) is 12.2. The van der Waals surface area contributed by atoms with Crippen molar-refractivity contribution in [3.63, 3.8) is 0 Å². The molecule has 0 heterocycles. The zero-order chi connectivity index (χ0) is 37.2. The van der Waals surface area contributed by atoms with E-state index in [0.29, 0.717) is 19.6 Å². The van der Waals surface area contributed by atoms with Crippen LogP contribution in [0, 0.1) is 5.92 Å². The highest BCUT2D eigenvalue weighted by Gasteiger charge is 2.10. The molecule has 0 aromatic heterocycles. The fourth-order valence-corrected chi connectivity index (χ4v) is 6.60. The molecule has 1 atom stereocenters. The van der Waals surface area contributed by atoms with Crippen molar-refractivity contribution in [1.29, 1.82) is 0 Å². The van der Waals surface area contributed by atoms with Gasteiger partial charge in [0.05, 0.1) is 13.0 Å². The lowest BCUT2D eigenvalue weighted by Gasteiger charge is -2.24. The number of carbonyl (C=O) groups excluding carboxylic acids is 2. The van der Waals surface area contributed by atoms with Crippen LogP contribution in [0.2, 0.25) is 0 Å².